The van der Waals surface area contributed by atoms with E-state index in [0.717, 1.165) is 21.7 Å². The van der Waals surface area contributed by atoms with Crippen LogP contribution in [0.2, 0.25) is 0 Å². The van der Waals surface area contributed by atoms with Gasteiger partial charge in [-0.15, -0.1) is 11.3 Å². The number of hydrogen-bond donors (Lipinski definition) is 0. The number of nitrogens with zero attached hydrogens (tertiary/aromatic N) is 3. The smallest absolute Gasteiger partial charge is 0.234 e. The summed E-state index contributed by atoms with van der Waals surface area (Å²) >= 11 is 1.48. The van der Waals surface area contributed by atoms with E-state index in [1.165, 1.54) is 11.3 Å². The van der Waals surface area contributed by atoms with Crippen LogP contribution in [0.3, 0.4) is 0 Å². The lowest BCUT2D eigenvalue weighted by Gasteiger charge is -2.01. The minimum Gasteiger partial charge on any atom is -0.293 e. The second-order valence-corrected chi connectivity index (χ2v) is 6.17. The van der Waals surface area contributed by atoms with Gasteiger partial charge in [0, 0.05) is 30.6 Å². The number of imidazole rings is 1. The van der Waals surface area contributed by atoms with Gasteiger partial charge in [-0.05, 0) is 23.1 Å². The molecule has 0 spiro atoms. The summed E-state index contributed by atoms with van der Waals surface area (Å²) in [6, 6.07) is 13.6. The fourth-order valence-corrected chi connectivity index (χ4v) is 3.14. The molecule has 5 heteroatoms. The molecule has 0 saturated heterocycles. The molecule has 3 heterocycles. The van der Waals surface area contributed by atoms with Gasteiger partial charge in [-0.3, -0.25) is 9.20 Å². The number of benzene rings is 1. The molecule has 0 unspecified atom stereocenters. The van der Waals surface area contributed by atoms with Crippen molar-refractivity contribution in [1.29, 1.82) is 0 Å². The van der Waals surface area contributed by atoms with Crippen LogP contribution in [0.4, 0.5) is 0 Å². The lowest BCUT2D eigenvalue weighted by molar-refractivity contribution is 0.0997. The Balaban J connectivity index is 1.57. The molecule has 0 saturated carbocycles. The molecule has 23 heavy (non-hydrogen) atoms. The summed E-state index contributed by atoms with van der Waals surface area (Å²) in [5.74, 6) is 0.837. The highest BCUT2D eigenvalue weighted by Crippen LogP contribution is 2.20. The number of carbonyl (C=O) groups is 1. The summed E-state index contributed by atoms with van der Waals surface area (Å²) < 4.78 is 1.89. The second-order valence-electron chi connectivity index (χ2n) is 5.23. The summed E-state index contributed by atoms with van der Waals surface area (Å²) in [7, 11) is 0. The maximum atomic E-state index is 12.1. The van der Waals surface area contributed by atoms with Gasteiger partial charge in [-0.2, -0.15) is 0 Å². The number of rotatable bonds is 4. The molecule has 0 amide bonds. The van der Waals surface area contributed by atoms with Crippen LogP contribution in [-0.4, -0.2) is 20.2 Å². The third-order valence-electron chi connectivity index (χ3n) is 3.65. The predicted octanol–water partition coefficient (Wildman–Crippen LogP) is 3.88. The standard InChI is InChI=1S/C18H13N3OS/c22-16(17-3-1-10-23-17)11-13-4-6-14(7-5-13)15-12-21-9-2-8-19-18(21)20-15/h1-10,12H,11H2. The number of carbonyl (C=O) groups excluding carboxylic acids is 1. The molecule has 0 aliphatic heterocycles. The zero-order valence-electron chi connectivity index (χ0n) is 12.2. The first-order chi connectivity index (χ1) is 11.3. The highest BCUT2D eigenvalue weighted by atomic mass is 32.1. The summed E-state index contributed by atoms with van der Waals surface area (Å²) in [5, 5.41) is 1.92. The Labute approximate surface area is 137 Å². The molecule has 4 nitrogen and oxygen atoms in total. The van der Waals surface area contributed by atoms with E-state index in [-0.39, 0.29) is 5.78 Å². The second kappa shape index (κ2) is 5.78. The van der Waals surface area contributed by atoms with Crippen molar-refractivity contribution in [2.45, 2.75) is 6.42 Å². The van der Waals surface area contributed by atoms with E-state index < -0.39 is 0 Å². The van der Waals surface area contributed by atoms with Crippen LogP contribution in [0.15, 0.2) is 66.4 Å². The van der Waals surface area contributed by atoms with Crippen LogP contribution < -0.4 is 0 Å². The maximum Gasteiger partial charge on any atom is 0.234 e. The zero-order valence-corrected chi connectivity index (χ0v) is 13.0. The van der Waals surface area contributed by atoms with E-state index >= 15 is 0 Å². The average Bonchev–Trinajstić information content (AvgIpc) is 3.25. The van der Waals surface area contributed by atoms with E-state index in [2.05, 4.69) is 9.97 Å². The number of ketones is 1. The van der Waals surface area contributed by atoms with Gasteiger partial charge in [0.15, 0.2) is 5.78 Å². The third kappa shape index (κ3) is 2.78. The molecule has 0 aliphatic carbocycles. The predicted molar refractivity (Wildman–Crippen MR) is 90.8 cm³/mol. The van der Waals surface area contributed by atoms with Gasteiger partial charge in [0.1, 0.15) is 0 Å². The summed E-state index contributed by atoms with van der Waals surface area (Å²) in [4.78, 5) is 21.7. The summed E-state index contributed by atoms with van der Waals surface area (Å²) in [6.45, 7) is 0. The van der Waals surface area contributed by atoms with E-state index in [1.54, 1.807) is 6.20 Å². The Bertz CT molecular complexity index is 923. The first kappa shape index (κ1) is 13.8. The number of aromatic nitrogens is 3. The van der Waals surface area contributed by atoms with Gasteiger partial charge in [-0.1, -0.05) is 30.3 Å². The Kier molecular flexibility index (Phi) is 3.48. The van der Waals surface area contributed by atoms with Crippen LogP contribution >= 0.6 is 11.3 Å². The van der Waals surface area contributed by atoms with Crippen molar-refractivity contribution in [3.05, 3.63) is 76.9 Å². The number of fused-ring (bicyclic) bond motifs is 1. The van der Waals surface area contributed by atoms with Crippen molar-refractivity contribution >= 4 is 22.9 Å². The van der Waals surface area contributed by atoms with Gasteiger partial charge >= 0.3 is 0 Å². The average molecular weight is 319 g/mol. The van der Waals surface area contributed by atoms with Crippen LogP contribution in [0.5, 0.6) is 0 Å². The topological polar surface area (TPSA) is 47.3 Å². The monoisotopic (exact) mass is 319 g/mol. The quantitative estimate of drug-likeness (QED) is 0.536. The molecule has 1 aromatic carbocycles. The van der Waals surface area contributed by atoms with E-state index in [1.807, 2.05) is 64.6 Å². The number of Topliss-reactive ketones (excluding diaryl/α,β-unsaturated/α-hetero) is 1. The van der Waals surface area contributed by atoms with E-state index in [4.69, 9.17) is 0 Å². The third-order valence-corrected chi connectivity index (χ3v) is 4.56. The maximum absolute atomic E-state index is 12.1. The summed E-state index contributed by atoms with van der Waals surface area (Å²) in [6.07, 6.45) is 6.03. The van der Waals surface area contributed by atoms with Crippen molar-refractivity contribution in [2.75, 3.05) is 0 Å². The largest absolute Gasteiger partial charge is 0.293 e. The van der Waals surface area contributed by atoms with Gasteiger partial charge in [0.25, 0.3) is 0 Å². The van der Waals surface area contributed by atoms with Crippen LogP contribution in [0.25, 0.3) is 17.0 Å². The fraction of sp³-hybridized carbons (Fsp3) is 0.0556. The Hall–Kier alpha value is -2.79. The zero-order chi connectivity index (χ0) is 15.6. The molecule has 0 bridgehead atoms. The van der Waals surface area contributed by atoms with Crippen molar-refractivity contribution in [3.63, 3.8) is 0 Å². The van der Waals surface area contributed by atoms with Gasteiger partial charge < -0.3 is 0 Å². The fourth-order valence-electron chi connectivity index (χ4n) is 2.47. The highest BCUT2D eigenvalue weighted by molar-refractivity contribution is 7.12. The molecule has 3 aromatic heterocycles. The first-order valence-corrected chi connectivity index (χ1v) is 8.13. The minimum atomic E-state index is 0.157. The lowest BCUT2D eigenvalue weighted by Crippen LogP contribution is -2.00. The number of hydrogen-bond acceptors (Lipinski definition) is 4. The highest BCUT2D eigenvalue weighted by Gasteiger charge is 2.09. The van der Waals surface area contributed by atoms with E-state index in [9.17, 15) is 4.79 Å². The first-order valence-electron chi connectivity index (χ1n) is 7.25. The van der Waals surface area contributed by atoms with Crippen molar-refractivity contribution in [1.82, 2.24) is 14.4 Å². The molecular weight excluding hydrogens is 306 g/mol. The normalized spacial score (nSPS) is 11.0. The Morgan fingerprint density at radius 1 is 1.13 bits per heavy atom. The molecule has 0 fully saturated rings. The van der Waals surface area contributed by atoms with Gasteiger partial charge in [0.2, 0.25) is 5.78 Å². The van der Waals surface area contributed by atoms with Crippen molar-refractivity contribution in [2.24, 2.45) is 0 Å². The Morgan fingerprint density at radius 3 is 2.74 bits per heavy atom. The summed E-state index contributed by atoms with van der Waals surface area (Å²) in [5.41, 5.74) is 2.90. The molecule has 0 aliphatic rings. The molecule has 112 valence electrons. The Morgan fingerprint density at radius 2 is 2.00 bits per heavy atom. The minimum absolute atomic E-state index is 0.157. The lowest BCUT2D eigenvalue weighted by atomic mass is 10.0. The molecular formula is C18H13N3OS. The van der Waals surface area contributed by atoms with Gasteiger partial charge in [-0.25, -0.2) is 9.97 Å². The SMILES string of the molecule is O=C(Cc1ccc(-c2cn3cccnc3n2)cc1)c1cccs1. The molecule has 0 radical (unpaired) electrons. The number of thiophene rings is 1. The molecule has 0 atom stereocenters. The van der Waals surface area contributed by atoms with Crippen LogP contribution in [0.1, 0.15) is 15.2 Å². The van der Waals surface area contributed by atoms with Crippen LogP contribution in [0, 0.1) is 0 Å². The van der Waals surface area contributed by atoms with Gasteiger partial charge in [0.05, 0.1) is 10.6 Å². The van der Waals surface area contributed by atoms with Crippen molar-refractivity contribution < 1.29 is 4.79 Å². The molecule has 4 rings (SSSR count). The molecule has 0 N–H and O–H groups in total. The van der Waals surface area contributed by atoms with Crippen LogP contribution in [-0.2, 0) is 6.42 Å². The molecule has 4 aromatic rings. The van der Waals surface area contributed by atoms with Crippen molar-refractivity contribution in [3.8, 4) is 11.3 Å². The van der Waals surface area contributed by atoms with E-state index in [0.29, 0.717) is 12.2 Å².